The second-order valence-corrected chi connectivity index (χ2v) is 3.39. The van der Waals surface area contributed by atoms with Gasteiger partial charge in [-0.3, -0.25) is 0 Å². The number of aromatic nitrogens is 4. The number of hydrogen-bond donors (Lipinski definition) is 2. The lowest BCUT2D eigenvalue weighted by Crippen LogP contribution is -1.91. The van der Waals surface area contributed by atoms with Crippen molar-refractivity contribution in [2.75, 3.05) is 12.4 Å². The zero-order valence-corrected chi connectivity index (χ0v) is 8.86. The molecule has 7 heteroatoms. The maximum absolute atomic E-state index is 13.4. The average Bonchev–Trinajstić information content (AvgIpc) is 2.98. The summed E-state index contributed by atoms with van der Waals surface area (Å²) in [5.41, 5.74) is 1.00. The van der Waals surface area contributed by atoms with Crippen LogP contribution >= 0.6 is 0 Å². The van der Waals surface area contributed by atoms with Gasteiger partial charge in [-0.2, -0.15) is 4.98 Å². The molecular formula is C10H8FN5O. The van der Waals surface area contributed by atoms with Crippen LogP contribution < -0.4 is 5.32 Å². The molecule has 6 nitrogen and oxygen atoms in total. The molecule has 0 aliphatic rings. The van der Waals surface area contributed by atoms with Crippen LogP contribution in [0.4, 0.5) is 10.4 Å². The maximum atomic E-state index is 13.4. The largest absolute Gasteiger partial charge is 0.359 e. The number of halogens is 1. The number of pyridine rings is 1. The van der Waals surface area contributed by atoms with Crippen LogP contribution in [0.1, 0.15) is 0 Å². The Labute approximate surface area is 94.9 Å². The molecule has 17 heavy (non-hydrogen) atoms. The Bertz CT molecular complexity index is 674. The molecule has 0 spiro atoms. The highest BCUT2D eigenvalue weighted by atomic mass is 19.1. The van der Waals surface area contributed by atoms with E-state index < -0.39 is 0 Å². The molecule has 0 saturated carbocycles. The van der Waals surface area contributed by atoms with E-state index in [4.69, 9.17) is 4.52 Å². The molecule has 0 amide bonds. The SMILES string of the molecule is CNc1nc(-c2ncc(F)c3cc[nH]c23)no1. The van der Waals surface area contributed by atoms with Crippen LogP contribution in [0.15, 0.2) is 23.0 Å². The number of aromatic amines is 1. The quantitative estimate of drug-likeness (QED) is 0.705. The molecule has 0 atom stereocenters. The van der Waals surface area contributed by atoms with E-state index in [0.717, 1.165) is 6.20 Å². The van der Waals surface area contributed by atoms with Crippen molar-refractivity contribution in [3.63, 3.8) is 0 Å². The Morgan fingerprint density at radius 2 is 2.35 bits per heavy atom. The molecule has 0 aliphatic heterocycles. The number of nitrogens with one attached hydrogen (secondary N) is 2. The highest BCUT2D eigenvalue weighted by Crippen LogP contribution is 2.25. The fourth-order valence-corrected chi connectivity index (χ4v) is 1.61. The summed E-state index contributed by atoms with van der Waals surface area (Å²) >= 11 is 0. The molecule has 0 unspecified atom stereocenters. The van der Waals surface area contributed by atoms with E-state index >= 15 is 0 Å². The summed E-state index contributed by atoms with van der Waals surface area (Å²) in [6.07, 6.45) is 2.78. The molecule has 0 saturated heterocycles. The maximum Gasteiger partial charge on any atom is 0.321 e. The Kier molecular flexibility index (Phi) is 2.04. The lowest BCUT2D eigenvalue weighted by Gasteiger charge is -1.97. The molecule has 86 valence electrons. The predicted octanol–water partition coefficient (Wildman–Crippen LogP) is 1.79. The Morgan fingerprint density at radius 1 is 1.47 bits per heavy atom. The standard InChI is InChI=1S/C10H8FN5O/c1-12-10-15-9(16-17-10)8-7-5(2-3-13-7)6(11)4-14-8/h2-4,13H,1H3,(H,12,15,16). The van der Waals surface area contributed by atoms with Crippen molar-refractivity contribution in [1.82, 2.24) is 20.1 Å². The third-order valence-electron chi connectivity index (χ3n) is 2.40. The zero-order chi connectivity index (χ0) is 11.8. The minimum absolute atomic E-state index is 0.283. The second-order valence-electron chi connectivity index (χ2n) is 3.39. The summed E-state index contributed by atoms with van der Waals surface area (Å²) in [6.45, 7) is 0. The fourth-order valence-electron chi connectivity index (χ4n) is 1.61. The highest BCUT2D eigenvalue weighted by molar-refractivity contribution is 5.90. The Hall–Kier alpha value is -2.44. The van der Waals surface area contributed by atoms with Gasteiger partial charge in [-0.15, -0.1) is 0 Å². The first-order valence-corrected chi connectivity index (χ1v) is 4.93. The lowest BCUT2D eigenvalue weighted by atomic mass is 10.2. The molecule has 0 bridgehead atoms. The first-order chi connectivity index (χ1) is 8.29. The van der Waals surface area contributed by atoms with Crippen LogP contribution in [0.5, 0.6) is 0 Å². The topological polar surface area (TPSA) is 79.6 Å². The van der Waals surface area contributed by atoms with E-state index in [1.807, 2.05) is 0 Å². The lowest BCUT2D eigenvalue weighted by molar-refractivity contribution is 0.434. The number of nitrogens with zero attached hydrogens (tertiary/aromatic N) is 3. The molecular weight excluding hydrogens is 225 g/mol. The minimum Gasteiger partial charge on any atom is -0.359 e. The van der Waals surface area contributed by atoms with Crippen LogP contribution in [0.3, 0.4) is 0 Å². The van der Waals surface area contributed by atoms with Crippen LogP contribution in [0, 0.1) is 5.82 Å². The predicted molar refractivity (Wildman–Crippen MR) is 58.9 cm³/mol. The van der Waals surface area contributed by atoms with Gasteiger partial charge in [0.25, 0.3) is 0 Å². The van der Waals surface area contributed by atoms with Gasteiger partial charge in [-0.1, -0.05) is 5.16 Å². The van der Waals surface area contributed by atoms with Gasteiger partial charge in [0.15, 0.2) is 5.82 Å². The second kappa shape index (κ2) is 3.55. The van der Waals surface area contributed by atoms with Gasteiger partial charge in [0.2, 0.25) is 5.82 Å². The number of fused-ring (bicyclic) bond motifs is 1. The van der Waals surface area contributed by atoms with Gasteiger partial charge in [0, 0.05) is 18.6 Å². The van der Waals surface area contributed by atoms with Crippen molar-refractivity contribution >= 4 is 16.9 Å². The summed E-state index contributed by atoms with van der Waals surface area (Å²) in [5.74, 6) is -0.0795. The van der Waals surface area contributed by atoms with Crippen molar-refractivity contribution < 1.29 is 8.91 Å². The van der Waals surface area contributed by atoms with Gasteiger partial charge in [-0.25, -0.2) is 9.37 Å². The first-order valence-electron chi connectivity index (χ1n) is 4.93. The van der Waals surface area contributed by atoms with E-state index in [1.54, 1.807) is 19.3 Å². The zero-order valence-electron chi connectivity index (χ0n) is 8.86. The third kappa shape index (κ3) is 1.43. The number of hydrogen-bond acceptors (Lipinski definition) is 5. The average molecular weight is 233 g/mol. The fraction of sp³-hybridized carbons (Fsp3) is 0.100. The van der Waals surface area contributed by atoms with Crippen molar-refractivity contribution in [3.05, 3.63) is 24.3 Å². The molecule has 2 N–H and O–H groups in total. The smallest absolute Gasteiger partial charge is 0.321 e. The number of anilines is 1. The molecule has 0 fully saturated rings. The molecule has 0 aliphatic carbocycles. The summed E-state index contributed by atoms with van der Waals surface area (Å²) in [5, 5.41) is 6.93. The van der Waals surface area contributed by atoms with Crippen LogP contribution in [-0.2, 0) is 0 Å². The monoisotopic (exact) mass is 233 g/mol. The van der Waals surface area contributed by atoms with Gasteiger partial charge < -0.3 is 14.8 Å². The van der Waals surface area contributed by atoms with Gasteiger partial charge >= 0.3 is 6.01 Å². The number of rotatable bonds is 2. The summed E-state index contributed by atoms with van der Waals surface area (Å²) in [7, 11) is 1.67. The van der Waals surface area contributed by atoms with E-state index in [0.29, 0.717) is 22.4 Å². The normalized spacial score (nSPS) is 10.9. The summed E-state index contributed by atoms with van der Waals surface area (Å²) in [4.78, 5) is 11.0. The van der Waals surface area contributed by atoms with Crippen molar-refractivity contribution in [2.45, 2.75) is 0 Å². The molecule has 0 radical (unpaired) electrons. The summed E-state index contributed by atoms with van der Waals surface area (Å²) in [6, 6.07) is 1.92. The van der Waals surface area contributed by atoms with E-state index in [2.05, 4.69) is 25.4 Å². The van der Waals surface area contributed by atoms with Crippen molar-refractivity contribution in [3.8, 4) is 11.5 Å². The van der Waals surface area contributed by atoms with Gasteiger partial charge in [0.1, 0.15) is 5.69 Å². The molecule has 3 aromatic heterocycles. The first kappa shape index (κ1) is 9.76. The van der Waals surface area contributed by atoms with Gasteiger partial charge in [-0.05, 0) is 6.07 Å². The van der Waals surface area contributed by atoms with E-state index in [9.17, 15) is 4.39 Å². The Morgan fingerprint density at radius 3 is 3.12 bits per heavy atom. The number of H-pyrrole nitrogens is 1. The third-order valence-corrected chi connectivity index (χ3v) is 2.40. The van der Waals surface area contributed by atoms with Gasteiger partial charge in [0.05, 0.1) is 11.7 Å². The Balaban J connectivity index is 2.23. The van der Waals surface area contributed by atoms with Crippen LogP contribution in [0.25, 0.3) is 22.4 Å². The molecule has 3 aromatic rings. The van der Waals surface area contributed by atoms with Crippen LogP contribution in [-0.4, -0.2) is 27.2 Å². The minimum atomic E-state index is -0.387. The summed E-state index contributed by atoms with van der Waals surface area (Å²) < 4.78 is 18.3. The molecule has 0 aromatic carbocycles. The molecule has 3 heterocycles. The molecule has 3 rings (SSSR count). The van der Waals surface area contributed by atoms with E-state index in [-0.39, 0.29) is 11.8 Å². The van der Waals surface area contributed by atoms with Crippen LogP contribution in [0.2, 0.25) is 0 Å². The van der Waals surface area contributed by atoms with Crippen molar-refractivity contribution in [2.24, 2.45) is 0 Å². The van der Waals surface area contributed by atoms with Crippen molar-refractivity contribution in [1.29, 1.82) is 0 Å². The highest BCUT2D eigenvalue weighted by Gasteiger charge is 2.15. The van der Waals surface area contributed by atoms with E-state index in [1.165, 1.54) is 0 Å².